The van der Waals surface area contributed by atoms with Gasteiger partial charge in [-0.05, 0) is 49.1 Å². The number of nitrogens with one attached hydrogen (secondary N) is 2. The van der Waals surface area contributed by atoms with Gasteiger partial charge >= 0.3 is 0 Å². The first-order valence-electron chi connectivity index (χ1n) is 9.32. The molecule has 0 unspecified atom stereocenters. The van der Waals surface area contributed by atoms with Crippen LogP contribution < -0.4 is 15.4 Å². The molecule has 2 aromatic rings. The fourth-order valence-corrected chi connectivity index (χ4v) is 3.26. The molecule has 0 amide bonds. The van der Waals surface area contributed by atoms with Crippen LogP contribution in [0.15, 0.2) is 58.4 Å². The fourth-order valence-electron chi connectivity index (χ4n) is 2.63. The van der Waals surface area contributed by atoms with Crippen molar-refractivity contribution in [1.82, 2.24) is 10.6 Å². The van der Waals surface area contributed by atoms with E-state index in [0.717, 1.165) is 42.2 Å². The third kappa shape index (κ3) is 7.23. The normalized spacial score (nSPS) is 11.9. The summed E-state index contributed by atoms with van der Waals surface area (Å²) in [7, 11) is -1.41. The number of rotatable bonds is 9. The third-order valence-electron chi connectivity index (χ3n) is 4.25. The van der Waals surface area contributed by atoms with Crippen molar-refractivity contribution in [2.24, 2.45) is 4.99 Å². The highest BCUT2D eigenvalue weighted by Crippen LogP contribution is 2.16. The molecule has 0 aliphatic rings. The molecule has 152 valence electrons. The lowest BCUT2D eigenvalue weighted by atomic mass is 10.1. The highest BCUT2D eigenvalue weighted by Gasteiger charge is 2.06. The number of ether oxygens (including phenoxy) is 1. The van der Waals surface area contributed by atoms with Crippen molar-refractivity contribution in [1.29, 1.82) is 0 Å². The van der Waals surface area contributed by atoms with Crippen LogP contribution in [0.25, 0.3) is 0 Å². The molecule has 0 spiro atoms. The molecule has 2 rings (SSSR count). The van der Waals surface area contributed by atoms with Gasteiger partial charge in [-0.3, -0.25) is 4.99 Å². The van der Waals surface area contributed by atoms with E-state index in [4.69, 9.17) is 4.74 Å². The van der Waals surface area contributed by atoms with Gasteiger partial charge in [0.25, 0.3) is 0 Å². The number of guanidine groups is 1. The van der Waals surface area contributed by atoms with E-state index in [1.54, 1.807) is 19.2 Å². The Balaban J connectivity index is 1.65. The summed E-state index contributed by atoms with van der Waals surface area (Å²) in [5, 5.41) is 6.53. The van der Waals surface area contributed by atoms with Gasteiger partial charge in [0.15, 0.2) is 15.8 Å². The molecule has 6 nitrogen and oxygen atoms in total. The zero-order valence-electron chi connectivity index (χ0n) is 16.7. The van der Waals surface area contributed by atoms with E-state index < -0.39 is 9.84 Å². The first-order valence-corrected chi connectivity index (χ1v) is 11.2. The summed E-state index contributed by atoms with van der Waals surface area (Å²) in [6.45, 7) is 4.14. The Morgan fingerprint density at radius 3 is 2.36 bits per heavy atom. The summed E-state index contributed by atoms with van der Waals surface area (Å²) in [5.41, 5.74) is 2.21. The Morgan fingerprint density at radius 1 is 1.04 bits per heavy atom. The van der Waals surface area contributed by atoms with Gasteiger partial charge in [-0.1, -0.05) is 30.3 Å². The van der Waals surface area contributed by atoms with Crippen LogP contribution >= 0.6 is 0 Å². The highest BCUT2D eigenvalue weighted by atomic mass is 32.2. The second-order valence-electron chi connectivity index (χ2n) is 6.56. The van der Waals surface area contributed by atoms with Gasteiger partial charge in [0, 0.05) is 26.4 Å². The minimum Gasteiger partial charge on any atom is -0.493 e. The summed E-state index contributed by atoms with van der Waals surface area (Å²) in [5.74, 6) is 1.66. The Labute approximate surface area is 168 Å². The fraction of sp³-hybridized carbons (Fsp3) is 0.381. The molecular formula is C21H29N3O3S. The topological polar surface area (TPSA) is 79.8 Å². The second kappa shape index (κ2) is 10.7. The maximum absolute atomic E-state index is 11.5. The first kappa shape index (κ1) is 21.8. The molecule has 0 atom stereocenters. The van der Waals surface area contributed by atoms with Crippen LogP contribution in [0.1, 0.15) is 17.5 Å². The summed E-state index contributed by atoms with van der Waals surface area (Å²) in [6, 6.07) is 15.0. The van der Waals surface area contributed by atoms with Gasteiger partial charge in [0.05, 0.1) is 11.5 Å². The van der Waals surface area contributed by atoms with E-state index in [-0.39, 0.29) is 0 Å². The van der Waals surface area contributed by atoms with Gasteiger partial charge in [-0.2, -0.15) is 0 Å². The molecule has 28 heavy (non-hydrogen) atoms. The van der Waals surface area contributed by atoms with E-state index in [1.165, 1.54) is 6.26 Å². The number of benzene rings is 2. The summed E-state index contributed by atoms with van der Waals surface area (Å²) < 4.78 is 28.8. The first-order chi connectivity index (χ1) is 13.4. The Kier molecular flexibility index (Phi) is 8.32. The zero-order chi connectivity index (χ0) is 20.4. The number of sulfone groups is 1. The Hall–Kier alpha value is -2.54. The molecule has 0 aliphatic carbocycles. The van der Waals surface area contributed by atoms with Gasteiger partial charge in [-0.15, -0.1) is 0 Å². The maximum atomic E-state index is 11.5. The van der Waals surface area contributed by atoms with Crippen molar-refractivity contribution in [2.45, 2.75) is 24.7 Å². The molecule has 2 N–H and O–H groups in total. The van der Waals surface area contributed by atoms with E-state index in [0.29, 0.717) is 18.0 Å². The van der Waals surface area contributed by atoms with E-state index in [2.05, 4.69) is 15.6 Å². The van der Waals surface area contributed by atoms with Crippen LogP contribution in [-0.2, 0) is 16.3 Å². The predicted molar refractivity (Wildman–Crippen MR) is 114 cm³/mol. The van der Waals surface area contributed by atoms with Crippen LogP contribution in [0.3, 0.4) is 0 Å². The molecule has 0 heterocycles. The van der Waals surface area contributed by atoms with Gasteiger partial charge in [-0.25, -0.2) is 8.42 Å². The third-order valence-corrected chi connectivity index (χ3v) is 5.37. The Morgan fingerprint density at radius 2 is 1.71 bits per heavy atom. The van der Waals surface area contributed by atoms with E-state index in [9.17, 15) is 8.42 Å². The van der Waals surface area contributed by atoms with Crippen molar-refractivity contribution in [2.75, 3.05) is 33.0 Å². The van der Waals surface area contributed by atoms with Crippen molar-refractivity contribution in [3.8, 4) is 5.75 Å². The van der Waals surface area contributed by atoms with E-state index in [1.807, 2.05) is 43.3 Å². The summed E-state index contributed by atoms with van der Waals surface area (Å²) in [4.78, 5) is 4.55. The Bertz CT molecular complexity index is 878. The molecule has 7 heteroatoms. The van der Waals surface area contributed by atoms with Crippen LogP contribution in [0.5, 0.6) is 5.75 Å². The number of hydrogen-bond donors (Lipinski definition) is 2. The van der Waals surface area contributed by atoms with Gasteiger partial charge in [0.1, 0.15) is 5.75 Å². The van der Waals surface area contributed by atoms with E-state index >= 15 is 0 Å². The van der Waals surface area contributed by atoms with Crippen molar-refractivity contribution in [3.05, 3.63) is 59.7 Å². The SMILES string of the molecule is CN=C(NCCCOc1ccccc1C)NCCc1ccc(S(C)(=O)=O)cc1. The number of aliphatic imine (C=N–C) groups is 1. The smallest absolute Gasteiger partial charge is 0.190 e. The summed E-state index contributed by atoms with van der Waals surface area (Å²) in [6.07, 6.45) is 2.86. The van der Waals surface area contributed by atoms with Crippen LogP contribution in [0, 0.1) is 6.92 Å². The number of para-hydroxylation sites is 1. The lowest BCUT2D eigenvalue weighted by Gasteiger charge is -2.13. The molecule has 0 aromatic heterocycles. The molecule has 0 saturated carbocycles. The monoisotopic (exact) mass is 403 g/mol. The minimum absolute atomic E-state index is 0.342. The van der Waals surface area contributed by atoms with Crippen LogP contribution in [-0.4, -0.2) is 47.4 Å². The lowest BCUT2D eigenvalue weighted by molar-refractivity contribution is 0.309. The molecule has 0 aliphatic heterocycles. The van der Waals surface area contributed by atoms with Crippen LogP contribution in [0.4, 0.5) is 0 Å². The molecule has 0 saturated heterocycles. The van der Waals surface area contributed by atoms with Gasteiger partial charge < -0.3 is 15.4 Å². The highest BCUT2D eigenvalue weighted by molar-refractivity contribution is 7.90. The lowest BCUT2D eigenvalue weighted by Crippen LogP contribution is -2.39. The quantitative estimate of drug-likeness (QED) is 0.382. The summed E-state index contributed by atoms with van der Waals surface area (Å²) >= 11 is 0. The standard InChI is InChI=1S/C21H29N3O3S/c1-17-7-4-5-8-20(17)27-16-6-14-23-21(22-2)24-15-13-18-9-11-19(12-10-18)28(3,25)26/h4-5,7-12H,6,13-16H2,1-3H3,(H2,22,23,24). The molecule has 0 fully saturated rings. The average molecular weight is 404 g/mol. The van der Waals surface area contributed by atoms with Crippen molar-refractivity contribution >= 4 is 15.8 Å². The zero-order valence-corrected chi connectivity index (χ0v) is 17.6. The molecular weight excluding hydrogens is 374 g/mol. The molecule has 0 bridgehead atoms. The molecule has 0 radical (unpaired) electrons. The van der Waals surface area contributed by atoms with Crippen molar-refractivity contribution < 1.29 is 13.2 Å². The largest absolute Gasteiger partial charge is 0.493 e. The molecule has 2 aromatic carbocycles. The second-order valence-corrected chi connectivity index (χ2v) is 8.58. The minimum atomic E-state index is -3.15. The average Bonchev–Trinajstić information content (AvgIpc) is 2.67. The number of hydrogen-bond acceptors (Lipinski definition) is 4. The number of aryl methyl sites for hydroxylation is 1. The van der Waals surface area contributed by atoms with Crippen molar-refractivity contribution in [3.63, 3.8) is 0 Å². The maximum Gasteiger partial charge on any atom is 0.190 e. The van der Waals surface area contributed by atoms with Gasteiger partial charge in [0.2, 0.25) is 0 Å². The number of nitrogens with zero attached hydrogens (tertiary/aromatic N) is 1. The van der Waals surface area contributed by atoms with Crippen LogP contribution in [0.2, 0.25) is 0 Å². The predicted octanol–water partition coefficient (Wildman–Crippen LogP) is 2.58.